The number of fused-ring (bicyclic) bond motifs is 1. The first kappa shape index (κ1) is 14.5. The summed E-state index contributed by atoms with van der Waals surface area (Å²) in [6.07, 6.45) is 8.71. The Morgan fingerprint density at radius 1 is 1.48 bits per heavy atom. The molecule has 116 valence electrons. The van der Waals surface area contributed by atoms with Crippen LogP contribution in [0.25, 0.3) is 0 Å². The van der Waals surface area contributed by atoms with Crippen molar-refractivity contribution in [3.05, 3.63) is 12.4 Å². The molecule has 2 atom stereocenters. The maximum atomic E-state index is 11.8. The van der Waals surface area contributed by atoms with Gasteiger partial charge in [-0.25, -0.2) is 4.79 Å². The molecule has 2 saturated heterocycles. The highest BCUT2D eigenvalue weighted by molar-refractivity contribution is 5.68. The predicted octanol–water partition coefficient (Wildman–Crippen LogP) is 2.31. The number of carbonyl (C=O) groups is 1. The van der Waals surface area contributed by atoms with E-state index in [0.29, 0.717) is 24.1 Å². The second-order valence-electron chi connectivity index (χ2n) is 6.74. The van der Waals surface area contributed by atoms with Crippen LogP contribution in [0.3, 0.4) is 0 Å². The molecule has 0 saturated carbocycles. The minimum absolute atomic E-state index is 0.360. The first-order chi connectivity index (χ1) is 10.1. The minimum atomic E-state index is -0.437. The number of nitrogens with zero attached hydrogens (tertiary/aromatic N) is 4. The molecule has 0 spiro atoms. The Morgan fingerprint density at radius 2 is 2.33 bits per heavy atom. The largest absolute Gasteiger partial charge is 0.446 e. The van der Waals surface area contributed by atoms with Gasteiger partial charge in [0.25, 0.3) is 0 Å². The molecule has 0 bridgehead atoms. The summed E-state index contributed by atoms with van der Waals surface area (Å²) in [7, 11) is 0. The standard InChI is InChI=1S/C15H24N4O2/c1-12(2)10-15-5-3-8-18(15)13(4-6-15)11-21-14(20)19-9-7-16-17-19/h7,9,12-13H,3-6,8,10-11H2,1-2H3/t13-,15+/m0/s1. The summed E-state index contributed by atoms with van der Waals surface area (Å²) in [5, 5.41) is 7.28. The first-order valence-electron chi connectivity index (χ1n) is 7.91. The van der Waals surface area contributed by atoms with Crippen molar-refractivity contribution in [1.82, 2.24) is 19.9 Å². The first-order valence-corrected chi connectivity index (χ1v) is 7.91. The van der Waals surface area contributed by atoms with E-state index in [0.717, 1.165) is 17.6 Å². The van der Waals surface area contributed by atoms with Crippen molar-refractivity contribution in [3.63, 3.8) is 0 Å². The molecule has 0 unspecified atom stereocenters. The molecule has 6 heteroatoms. The lowest BCUT2D eigenvalue weighted by Gasteiger charge is -2.36. The molecule has 3 rings (SSSR count). The fourth-order valence-corrected chi connectivity index (χ4v) is 4.18. The summed E-state index contributed by atoms with van der Waals surface area (Å²) in [5.41, 5.74) is 0.360. The van der Waals surface area contributed by atoms with Gasteiger partial charge in [-0.2, -0.15) is 4.68 Å². The summed E-state index contributed by atoms with van der Waals surface area (Å²) in [6, 6.07) is 0.360. The Morgan fingerprint density at radius 3 is 3.05 bits per heavy atom. The van der Waals surface area contributed by atoms with Gasteiger partial charge in [0, 0.05) is 11.6 Å². The van der Waals surface area contributed by atoms with Crippen LogP contribution in [0.5, 0.6) is 0 Å². The van der Waals surface area contributed by atoms with E-state index in [2.05, 4.69) is 29.1 Å². The molecule has 0 radical (unpaired) electrons. The van der Waals surface area contributed by atoms with E-state index in [-0.39, 0.29) is 0 Å². The number of hydrogen-bond donors (Lipinski definition) is 0. The number of carbonyl (C=O) groups excluding carboxylic acids is 1. The Bertz CT molecular complexity index is 488. The lowest BCUT2D eigenvalue weighted by molar-refractivity contribution is 0.0726. The zero-order valence-corrected chi connectivity index (χ0v) is 12.9. The summed E-state index contributed by atoms with van der Waals surface area (Å²) in [4.78, 5) is 14.4. The van der Waals surface area contributed by atoms with Gasteiger partial charge in [-0.3, -0.25) is 4.90 Å². The van der Waals surface area contributed by atoms with E-state index in [1.54, 1.807) is 0 Å². The summed E-state index contributed by atoms with van der Waals surface area (Å²) in [5.74, 6) is 0.710. The molecular weight excluding hydrogens is 268 g/mol. The number of aromatic nitrogens is 3. The summed E-state index contributed by atoms with van der Waals surface area (Å²) in [6.45, 7) is 6.18. The highest BCUT2D eigenvalue weighted by atomic mass is 16.6. The van der Waals surface area contributed by atoms with Crippen LogP contribution in [0, 0.1) is 5.92 Å². The second kappa shape index (κ2) is 5.75. The number of rotatable bonds is 4. The topological polar surface area (TPSA) is 60.2 Å². The molecule has 2 aliphatic heterocycles. The molecule has 1 aromatic heterocycles. The van der Waals surface area contributed by atoms with E-state index < -0.39 is 6.09 Å². The van der Waals surface area contributed by atoms with Gasteiger partial charge in [-0.1, -0.05) is 19.1 Å². The molecule has 3 heterocycles. The van der Waals surface area contributed by atoms with E-state index in [1.165, 1.54) is 38.1 Å². The lowest BCUT2D eigenvalue weighted by atomic mass is 9.85. The van der Waals surface area contributed by atoms with Gasteiger partial charge in [0.1, 0.15) is 6.61 Å². The molecule has 0 aromatic carbocycles. The van der Waals surface area contributed by atoms with Crippen LogP contribution < -0.4 is 0 Å². The normalized spacial score (nSPS) is 29.0. The second-order valence-corrected chi connectivity index (χ2v) is 6.74. The maximum absolute atomic E-state index is 11.8. The zero-order chi connectivity index (χ0) is 14.9. The third-order valence-corrected chi connectivity index (χ3v) is 4.83. The Labute approximate surface area is 125 Å². The van der Waals surface area contributed by atoms with E-state index in [9.17, 15) is 4.79 Å². The number of hydrogen-bond acceptors (Lipinski definition) is 5. The highest BCUT2D eigenvalue weighted by Gasteiger charge is 2.49. The van der Waals surface area contributed by atoms with Gasteiger partial charge in [0.05, 0.1) is 12.4 Å². The third-order valence-electron chi connectivity index (χ3n) is 4.83. The lowest BCUT2D eigenvalue weighted by Crippen LogP contribution is -2.45. The third kappa shape index (κ3) is 2.81. The van der Waals surface area contributed by atoms with Crippen LogP contribution in [0.4, 0.5) is 4.79 Å². The van der Waals surface area contributed by atoms with Crippen molar-refractivity contribution in [2.24, 2.45) is 5.92 Å². The Hall–Kier alpha value is -1.43. The van der Waals surface area contributed by atoms with Crippen LogP contribution in [0.15, 0.2) is 12.4 Å². The molecule has 21 heavy (non-hydrogen) atoms. The van der Waals surface area contributed by atoms with E-state index >= 15 is 0 Å². The van der Waals surface area contributed by atoms with Gasteiger partial charge < -0.3 is 4.74 Å². The van der Waals surface area contributed by atoms with Crippen molar-refractivity contribution in [2.45, 2.75) is 57.5 Å². The van der Waals surface area contributed by atoms with Crippen LogP contribution in [0.1, 0.15) is 46.0 Å². The van der Waals surface area contributed by atoms with Crippen molar-refractivity contribution >= 4 is 6.09 Å². The molecule has 6 nitrogen and oxygen atoms in total. The molecular formula is C15H24N4O2. The Kier molecular flexibility index (Phi) is 3.97. The molecule has 0 aliphatic carbocycles. The van der Waals surface area contributed by atoms with E-state index in [4.69, 9.17) is 4.74 Å². The van der Waals surface area contributed by atoms with E-state index in [1.807, 2.05) is 0 Å². The van der Waals surface area contributed by atoms with Crippen molar-refractivity contribution in [3.8, 4) is 0 Å². The SMILES string of the molecule is CC(C)C[C@]12CCCN1[C@H](COC(=O)n1ccnn1)CC2. The van der Waals surface area contributed by atoms with Crippen LogP contribution >= 0.6 is 0 Å². The van der Waals surface area contributed by atoms with Crippen LogP contribution in [-0.4, -0.2) is 50.7 Å². The van der Waals surface area contributed by atoms with Crippen LogP contribution in [-0.2, 0) is 4.74 Å². The zero-order valence-electron chi connectivity index (χ0n) is 12.9. The van der Waals surface area contributed by atoms with Crippen LogP contribution in [0.2, 0.25) is 0 Å². The molecule has 1 aromatic rings. The predicted molar refractivity (Wildman–Crippen MR) is 77.9 cm³/mol. The molecule has 0 amide bonds. The average molecular weight is 292 g/mol. The summed E-state index contributed by atoms with van der Waals surface area (Å²) < 4.78 is 6.55. The van der Waals surface area contributed by atoms with Gasteiger partial charge in [0.15, 0.2) is 0 Å². The highest BCUT2D eigenvalue weighted by Crippen LogP contribution is 2.46. The smallest absolute Gasteiger partial charge is 0.436 e. The Balaban J connectivity index is 1.59. The van der Waals surface area contributed by atoms with Gasteiger partial charge in [-0.05, 0) is 44.6 Å². The van der Waals surface area contributed by atoms with Crippen molar-refractivity contribution in [1.29, 1.82) is 0 Å². The fourth-order valence-electron chi connectivity index (χ4n) is 4.18. The summed E-state index contributed by atoms with van der Waals surface area (Å²) >= 11 is 0. The van der Waals surface area contributed by atoms with Crippen molar-refractivity contribution in [2.75, 3.05) is 13.2 Å². The average Bonchev–Trinajstić information content (AvgIpc) is 3.11. The fraction of sp³-hybridized carbons (Fsp3) is 0.800. The maximum Gasteiger partial charge on any atom is 0.436 e. The quantitative estimate of drug-likeness (QED) is 0.852. The number of ether oxygens (including phenoxy) is 1. The monoisotopic (exact) mass is 292 g/mol. The minimum Gasteiger partial charge on any atom is -0.446 e. The molecule has 2 fully saturated rings. The molecule has 2 aliphatic rings. The van der Waals surface area contributed by atoms with Gasteiger partial charge >= 0.3 is 6.09 Å². The molecule has 0 N–H and O–H groups in total. The van der Waals surface area contributed by atoms with Gasteiger partial charge in [0.2, 0.25) is 0 Å². The van der Waals surface area contributed by atoms with Crippen molar-refractivity contribution < 1.29 is 9.53 Å². The van der Waals surface area contributed by atoms with Gasteiger partial charge in [-0.15, -0.1) is 5.10 Å².